The Morgan fingerprint density at radius 3 is 2.23 bits per heavy atom. The molecule has 4 amide bonds. The molecule has 0 bridgehead atoms. The van der Waals surface area contributed by atoms with Crippen LogP contribution in [0.1, 0.15) is 132 Å². The lowest BCUT2D eigenvalue weighted by Gasteiger charge is -2.35. The van der Waals surface area contributed by atoms with Gasteiger partial charge < -0.3 is 39.8 Å². The maximum atomic E-state index is 14.1. The van der Waals surface area contributed by atoms with Crippen molar-refractivity contribution in [2.24, 2.45) is 5.41 Å². The maximum absolute atomic E-state index is 14.1. The molecule has 3 N–H and O–H groups in total. The summed E-state index contributed by atoms with van der Waals surface area (Å²) < 4.78 is 44.2. The molecule has 2 fully saturated rings. The van der Waals surface area contributed by atoms with Crippen LogP contribution in [0.4, 0.5) is 0 Å². The summed E-state index contributed by atoms with van der Waals surface area (Å²) in [7, 11) is -3.53. The smallest absolute Gasteiger partial charge is 0.246 e. The van der Waals surface area contributed by atoms with E-state index in [0.29, 0.717) is 41.6 Å². The summed E-state index contributed by atoms with van der Waals surface area (Å²) in [5, 5.41) is 16.2. The van der Waals surface area contributed by atoms with Gasteiger partial charge in [-0.05, 0) is 106 Å². The molecular formula is C60H78ClN7O10S2. The number of ether oxygens (including phenoxy) is 3. The van der Waals surface area contributed by atoms with E-state index in [9.17, 15) is 32.7 Å². The highest BCUT2D eigenvalue weighted by Gasteiger charge is 2.44. The van der Waals surface area contributed by atoms with Gasteiger partial charge in [-0.2, -0.15) is 0 Å². The van der Waals surface area contributed by atoms with Gasteiger partial charge in [-0.25, -0.2) is 23.4 Å². The number of hydrogen-bond acceptors (Lipinski definition) is 14. The van der Waals surface area contributed by atoms with Crippen LogP contribution in [0.5, 0.6) is 5.75 Å². The Balaban J connectivity index is 0.820. The van der Waals surface area contributed by atoms with Gasteiger partial charge in [0.25, 0.3) is 0 Å². The standard InChI is InChI=1S/C60H78ClN7O10S2/c1-37(2)78-51-32-47(39(5)28-45(51)30-53-62-34-48(61)49(65-53)29-44-12-10-11-13-52(44)80(74,75)38(3)4)42-18-22-67(23-19-42)55(71)21-25-77-27-26-76-24-20-54(70)66-57(60(7,8)9)59(73)68-35-46(69)31-50(68)58(72)63-33-41-14-16-43(17-15-41)56-40(6)64-36-79-56/h10-17,28,32,34,36-38,42,46,50,57,69H,18-27,29-31,33,35H2,1-9H3,(H,63,72)(H,66,70)/t46-,50+,57-/m1/s1. The first-order valence-corrected chi connectivity index (χ1v) is 30.4. The molecule has 2 aromatic heterocycles. The lowest BCUT2D eigenvalue weighted by atomic mass is 9.85. The van der Waals surface area contributed by atoms with Crippen LogP contribution in [0, 0.1) is 19.3 Å². The van der Waals surface area contributed by atoms with Crippen LogP contribution in [-0.2, 0) is 57.9 Å². The number of likely N-dealkylation sites (tertiary alicyclic amines) is 2. The molecule has 0 radical (unpaired) electrons. The Morgan fingerprint density at radius 1 is 0.887 bits per heavy atom. The van der Waals surface area contributed by atoms with Crippen molar-refractivity contribution >= 4 is 56.4 Å². The number of aryl methyl sites for hydroxylation is 2. The lowest BCUT2D eigenvalue weighted by molar-refractivity contribution is -0.144. The van der Waals surface area contributed by atoms with Crippen molar-refractivity contribution in [3.8, 4) is 16.2 Å². The topological polar surface area (TPSA) is 220 Å². The summed E-state index contributed by atoms with van der Waals surface area (Å²) in [4.78, 5) is 72.3. The molecule has 20 heteroatoms. The molecule has 2 aliphatic rings. The predicted molar refractivity (Wildman–Crippen MR) is 309 cm³/mol. The minimum Gasteiger partial charge on any atom is -0.491 e. The maximum Gasteiger partial charge on any atom is 0.246 e. The number of halogens is 1. The van der Waals surface area contributed by atoms with Crippen LogP contribution in [-0.4, -0.2) is 138 Å². The highest BCUT2D eigenvalue weighted by atomic mass is 35.5. The SMILES string of the molecule is Cc1cc(Cc2ncc(Cl)c(Cc3ccccc3S(=O)(=O)C(C)C)n2)c(OC(C)C)cc1C1CCN(C(=O)CCOCCOCCC(=O)N[C@H](C(=O)N2C[C@H](O)C[C@H]2C(=O)NCc2ccc(-c3scnc3C)cc2)C(C)(C)C)CC1. The van der Waals surface area contributed by atoms with E-state index in [4.69, 9.17) is 30.8 Å². The number of benzene rings is 3. The van der Waals surface area contributed by atoms with E-state index in [-0.39, 0.29) is 99.8 Å². The molecule has 3 aromatic carbocycles. The average Bonchev–Trinajstić information content (AvgIpc) is 4.04. The van der Waals surface area contributed by atoms with Gasteiger partial charge in [-0.3, -0.25) is 19.2 Å². The van der Waals surface area contributed by atoms with E-state index in [2.05, 4.69) is 39.7 Å². The second-order valence-electron chi connectivity index (χ2n) is 22.4. The molecule has 80 heavy (non-hydrogen) atoms. The van der Waals surface area contributed by atoms with Gasteiger partial charge in [-0.15, -0.1) is 11.3 Å². The second kappa shape index (κ2) is 27.8. The van der Waals surface area contributed by atoms with Gasteiger partial charge in [0.2, 0.25) is 23.6 Å². The molecule has 0 unspecified atom stereocenters. The van der Waals surface area contributed by atoms with Crippen molar-refractivity contribution < 1.29 is 46.9 Å². The van der Waals surface area contributed by atoms with E-state index in [0.717, 1.165) is 51.4 Å². The fourth-order valence-corrected chi connectivity index (χ4v) is 12.4. The van der Waals surface area contributed by atoms with Gasteiger partial charge >= 0.3 is 0 Å². The van der Waals surface area contributed by atoms with Crippen LogP contribution in [0.25, 0.3) is 10.4 Å². The highest BCUT2D eigenvalue weighted by Crippen LogP contribution is 2.37. The van der Waals surface area contributed by atoms with Gasteiger partial charge in [0.1, 0.15) is 23.7 Å². The number of sulfone groups is 1. The number of rotatable bonds is 24. The van der Waals surface area contributed by atoms with Gasteiger partial charge in [0.05, 0.1) is 82.0 Å². The van der Waals surface area contributed by atoms with Gasteiger partial charge in [0, 0.05) is 63.6 Å². The van der Waals surface area contributed by atoms with Crippen LogP contribution in [0.2, 0.25) is 5.02 Å². The zero-order chi connectivity index (χ0) is 57.9. The molecule has 4 heterocycles. The summed E-state index contributed by atoms with van der Waals surface area (Å²) in [5.74, 6) is 0.324. The minimum atomic E-state index is -3.53. The normalized spacial score (nSPS) is 16.6. The Labute approximate surface area is 480 Å². The van der Waals surface area contributed by atoms with Crippen molar-refractivity contribution in [3.63, 3.8) is 0 Å². The van der Waals surface area contributed by atoms with Crippen molar-refractivity contribution in [2.45, 2.75) is 154 Å². The van der Waals surface area contributed by atoms with Crippen molar-refractivity contribution in [3.05, 3.63) is 122 Å². The Hall–Kier alpha value is -5.83. The molecule has 0 spiro atoms. The number of amides is 4. The summed E-state index contributed by atoms with van der Waals surface area (Å²) in [5.41, 5.74) is 8.37. The first-order chi connectivity index (χ1) is 38.0. The molecule has 0 saturated carbocycles. The Morgan fingerprint density at radius 2 is 1.57 bits per heavy atom. The summed E-state index contributed by atoms with van der Waals surface area (Å²) in [6, 6.07) is 17.2. The summed E-state index contributed by atoms with van der Waals surface area (Å²) >= 11 is 8.18. The van der Waals surface area contributed by atoms with E-state index >= 15 is 0 Å². The Bertz CT molecular complexity index is 3060. The fourth-order valence-electron chi connectivity index (χ4n) is 10.1. The number of β-amino-alcohol motifs (C(OH)–C–C–N with tert-alkyl or cyclic N) is 1. The van der Waals surface area contributed by atoms with E-state index in [1.54, 1.807) is 49.6 Å². The van der Waals surface area contributed by atoms with Crippen molar-refractivity contribution in [2.75, 3.05) is 46.1 Å². The summed E-state index contributed by atoms with van der Waals surface area (Å²) in [6.07, 6.45) is 3.10. The third-order valence-corrected chi connectivity index (χ3v) is 18.1. The molecule has 2 aliphatic heterocycles. The second-order valence-corrected chi connectivity index (χ2v) is 26.2. The number of nitrogens with zero attached hydrogens (tertiary/aromatic N) is 5. The molecule has 17 nitrogen and oxygen atoms in total. The number of aromatic nitrogens is 3. The number of aliphatic hydroxyl groups is 1. The zero-order valence-corrected chi connectivity index (χ0v) is 49.9. The third kappa shape index (κ3) is 16.2. The van der Waals surface area contributed by atoms with Crippen LogP contribution in [0.3, 0.4) is 0 Å². The first-order valence-electron chi connectivity index (χ1n) is 27.6. The number of carbonyl (C=O) groups excluding carboxylic acids is 4. The number of carbonyl (C=O) groups is 4. The molecule has 5 aromatic rings. The third-order valence-electron chi connectivity index (χ3n) is 14.6. The molecule has 3 atom stereocenters. The minimum absolute atomic E-state index is 0.00931. The van der Waals surface area contributed by atoms with Crippen molar-refractivity contribution in [1.82, 2.24) is 35.4 Å². The predicted octanol–water partition coefficient (Wildman–Crippen LogP) is 8.35. The average molecular weight is 1160 g/mol. The summed E-state index contributed by atoms with van der Waals surface area (Å²) in [6.45, 7) is 19.1. The number of hydrogen-bond donors (Lipinski definition) is 3. The van der Waals surface area contributed by atoms with Crippen LogP contribution in [0.15, 0.2) is 77.3 Å². The zero-order valence-electron chi connectivity index (χ0n) is 47.6. The lowest BCUT2D eigenvalue weighted by Crippen LogP contribution is -2.57. The number of aliphatic hydroxyl groups excluding tert-OH is 1. The van der Waals surface area contributed by atoms with Crippen LogP contribution >= 0.6 is 22.9 Å². The number of thiazole rings is 1. The molecular weight excluding hydrogens is 1080 g/mol. The van der Waals surface area contributed by atoms with Crippen molar-refractivity contribution in [1.29, 1.82) is 0 Å². The monoisotopic (exact) mass is 1160 g/mol. The van der Waals surface area contributed by atoms with E-state index in [1.165, 1.54) is 10.5 Å². The fraction of sp³-hybridized carbons (Fsp3) is 0.517. The first kappa shape index (κ1) is 61.8. The number of nitrogens with one attached hydrogen (secondary N) is 2. The quantitative estimate of drug-likeness (QED) is 0.0496. The molecule has 432 valence electrons. The number of piperidine rings is 1. The van der Waals surface area contributed by atoms with E-state index < -0.39 is 44.6 Å². The Kier molecular flexibility index (Phi) is 21.4. The van der Waals surface area contributed by atoms with E-state index in [1.807, 2.05) is 82.3 Å². The molecule has 7 rings (SSSR count). The van der Waals surface area contributed by atoms with Crippen LogP contribution < -0.4 is 15.4 Å². The highest BCUT2D eigenvalue weighted by molar-refractivity contribution is 7.92. The largest absolute Gasteiger partial charge is 0.491 e. The molecule has 2 saturated heterocycles. The molecule has 0 aliphatic carbocycles. The van der Waals surface area contributed by atoms with Gasteiger partial charge in [0.15, 0.2) is 9.84 Å². The van der Waals surface area contributed by atoms with Gasteiger partial charge in [-0.1, -0.05) is 80.9 Å².